The Balaban J connectivity index is 2.08. The summed E-state index contributed by atoms with van der Waals surface area (Å²) in [5, 5.41) is 7.18. The third-order valence-electron chi connectivity index (χ3n) is 2.78. The molecule has 0 radical (unpaired) electrons. The summed E-state index contributed by atoms with van der Waals surface area (Å²) < 4.78 is 27.8. The van der Waals surface area contributed by atoms with Crippen LogP contribution in [0.25, 0.3) is 0 Å². The molecule has 2 heterocycles. The number of hydrogen-bond acceptors (Lipinski definition) is 4. The van der Waals surface area contributed by atoms with Crippen molar-refractivity contribution in [2.24, 2.45) is 7.05 Å². The Morgan fingerprint density at radius 1 is 1.71 bits per heavy atom. The maximum Gasteiger partial charge on any atom is 0.259 e. The number of sulfonamides is 1. The highest BCUT2D eigenvalue weighted by Crippen LogP contribution is 2.19. The van der Waals surface area contributed by atoms with Gasteiger partial charge in [0.25, 0.3) is 10.0 Å². The van der Waals surface area contributed by atoms with Gasteiger partial charge in [0, 0.05) is 19.6 Å². The first-order valence-corrected chi connectivity index (χ1v) is 7.27. The van der Waals surface area contributed by atoms with Crippen molar-refractivity contribution < 1.29 is 8.42 Å². The minimum atomic E-state index is -3.59. The fraction of sp³-hybridized carbons (Fsp3) is 0.667. The van der Waals surface area contributed by atoms with Crippen molar-refractivity contribution in [3.8, 4) is 0 Å². The van der Waals surface area contributed by atoms with Crippen molar-refractivity contribution in [3.63, 3.8) is 0 Å². The molecule has 0 aliphatic carbocycles. The van der Waals surface area contributed by atoms with E-state index in [1.165, 1.54) is 10.9 Å². The van der Waals surface area contributed by atoms with E-state index in [-0.39, 0.29) is 16.1 Å². The molecule has 1 atom stereocenters. The van der Waals surface area contributed by atoms with Gasteiger partial charge in [-0.25, -0.2) is 13.1 Å². The van der Waals surface area contributed by atoms with Crippen LogP contribution in [0.2, 0.25) is 5.02 Å². The standard InChI is InChI=1S/C9H15ClN4O2S/c1-14-9(8(10)6-12-14)17(15,16)13-5-7-3-2-4-11-7/h6-7,11,13H,2-5H2,1H3. The zero-order valence-electron chi connectivity index (χ0n) is 9.48. The molecular formula is C9H15ClN4O2S. The van der Waals surface area contributed by atoms with E-state index in [0.29, 0.717) is 6.54 Å². The van der Waals surface area contributed by atoms with Gasteiger partial charge in [-0.15, -0.1) is 0 Å². The van der Waals surface area contributed by atoms with Gasteiger partial charge in [0.1, 0.15) is 0 Å². The van der Waals surface area contributed by atoms with Gasteiger partial charge < -0.3 is 5.32 Å². The fourth-order valence-electron chi connectivity index (χ4n) is 1.91. The van der Waals surface area contributed by atoms with Crippen molar-refractivity contribution in [1.82, 2.24) is 19.8 Å². The number of hydrogen-bond donors (Lipinski definition) is 2. The molecular weight excluding hydrogens is 264 g/mol. The molecule has 8 heteroatoms. The van der Waals surface area contributed by atoms with Gasteiger partial charge in [-0.1, -0.05) is 11.6 Å². The quantitative estimate of drug-likeness (QED) is 0.819. The fourth-order valence-corrected chi connectivity index (χ4v) is 3.64. The summed E-state index contributed by atoms with van der Waals surface area (Å²) >= 11 is 5.81. The van der Waals surface area contributed by atoms with E-state index in [2.05, 4.69) is 15.1 Å². The lowest BCUT2D eigenvalue weighted by molar-refractivity contribution is 0.540. The minimum absolute atomic E-state index is 0.0113. The van der Waals surface area contributed by atoms with Crippen molar-refractivity contribution in [1.29, 1.82) is 0 Å². The first kappa shape index (κ1) is 12.8. The largest absolute Gasteiger partial charge is 0.313 e. The molecule has 0 bridgehead atoms. The summed E-state index contributed by atoms with van der Waals surface area (Å²) in [6, 6.07) is 0.205. The number of aryl methyl sites for hydroxylation is 1. The van der Waals surface area contributed by atoms with Crippen LogP contribution in [0.15, 0.2) is 11.2 Å². The molecule has 1 aliphatic rings. The molecule has 0 aromatic carbocycles. The lowest BCUT2D eigenvalue weighted by atomic mass is 10.2. The van der Waals surface area contributed by atoms with Crippen LogP contribution in [0.5, 0.6) is 0 Å². The molecule has 1 aliphatic heterocycles. The van der Waals surface area contributed by atoms with E-state index in [4.69, 9.17) is 11.6 Å². The Kier molecular flexibility index (Phi) is 3.72. The Labute approximate surface area is 105 Å². The summed E-state index contributed by atoms with van der Waals surface area (Å²) in [5.41, 5.74) is 0. The summed E-state index contributed by atoms with van der Waals surface area (Å²) in [5.74, 6) is 0. The van der Waals surface area contributed by atoms with Crippen LogP contribution in [0.1, 0.15) is 12.8 Å². The summed E-state index contributed by atoms with van der Waals surface area (Å²) in [6.45, 7) is 1.32. The Morgan fingerprint density at radius 2 is 2.47 bits per heavy atom. The van der Waals surface area contributed by atoms with Gasteiger partial charge in [0.05, 0.1) is 11.2 Å². The average molecular weight is 279 g/mol. The Bertz CT molecular complexity index is 474. The second-order valence-corrected chi connectivity index (χ2v) is 6.16. The molecule has 0 amide bonds. The highest BCUT2D eigenvalue weighted by Gasteiger charge is 2.24. The van der Waals surface area contributed by atoms with E-state index in [0.717, 1.165) is 19.4 Å². The summed E-state index contributed by atoms with van der Waals surface area (Å²) in [6.07, 6.45) is 3.39. The third-order valence-corrected chi connectivity index (χ3v) is 4.71. The second-order valence-electron chi connectivity index (χ2n) is 4.07. The molecule has 2 rings (SSSR count). The first-order chi connectivity index (χ1) is 8.00. The normalized spacial score (nSPS) is 20.9. The predicted molar refractivity (Wildman–Crippen MR) is 64.4 cm³/mol. The maximum absolute atomic E-state index is 12.0. The second kappa shape index (κ2) is 4.93. The zero-order valence-corrected chi connectivity index (χ0v) is 11.1. The molecule has 1 unspecified atom stereocenters. The minimum Gasteiger partial charge on any atom is -0.313 e. The van der Waals surface area contributed by atoms with Crippen molar-refractivity contribution in [3.05, 3.63) is 11.2 Å². The van der Waals surface area contributed by atoms with Gasteiger partial charge in [-0.05, 0) is 19.4 Å². The number of rotatable bonds is 4. The maximum atomic E-state index is 12.0. The molecule has 0 spiro atoms. The first-order valence-electron chi connectivity index (χ1n) is 5.41. The van der Waals surface area contributed by atoms with Crippen LogP contribution in [0, 0.1) is 0 Å². The van der Waals surface area contributed by atoms with Crippen LogP contribution in [0.4, 0.5) is 0 Å². The molecule has 96 valence electrons. The highest BCUT2D eigenvalue weighted by atomic mass is 35.5. The molecule has 1 saturated heterocycles. The van der Waals surface area contributed by atoms with Crippen LogP contribution in [-0.4, -0.2) is 37.3 Å². The van der Waals surface area contributed by atoms with Gasteiger partial charge >= 0.3 is 0 Å². The lowest BCUT2D eigenvalue weighted by Crippen LogP contribution is -2.37. The monoisotopic (exact) mass is 278 g/mol. The van der Waals surface area contributed by atoms with E-state index in [9.17, 15) is 8.42 Å². The predicted octanol–water partition coefficient (Wildman–Crippen LogP) is 0.104. The highest BCUT2D eigenvalue weighted by molar-refractivity contribution is 7.89. The molecule has 1 aromatic heterocycles. The van der Waals surface area contributed by atoms with Crippen LogP contribution in [0.3, 0.4) is 0 Å². The van der Waals surface area contributed by atoms with Crippen molar-refractivity contribution in [2.75, 3.05) is 13.1 Å². The van der Waals surface area contributed by atoms with Crippen LogP contribution < -0.4 is 10.0 Å². The van der Waals surface area contributed by atoms with E-state index in [1.807, 2.05) is 0 Å². The SMILES string of the molecule is Cn1ncc(Cl)c1S(=O)(=O)NCC1CCCN1. The van der Waals surface area contributed by atoms with Crippen molar-refractivity contribution >= 4 is 21.6 Å². The molecule has 17 heavy (non-hydrogen) atoms. The molecule has 1 aromatic rings. The summed E-state index contributed by atoms with van der Waals surface area (Å²) in [4.78, 5) is 0. The average Bonchev–Trinajstić information content (AvgIpc) is 2.86. The lowest BCUT2D eigenvalue weighted by Gasteiger charge is -2.12. The van der Waals surface area contributed by atoms with E-state index in [1.54, 1.807) is 7.05 Å². The third kappa shape index (κ3) is 2.79. The van der Waals surface area contributed by atoms with E-state index < -0.39 is 10.0 Å². The molecule has 2 N–H and O–H groups in total. The van der Waals surface area contributed by atoms with Crippen LogP contribution >= 0.6 is 11.6 Å². The summed E-state index contributed by atoms with van der Waals surface area (Å²) in [7, 11) is -2.04. The Morgan fingerprint density at radius 3 is 3.00 bits per heavy atom. The topological polar surface area (TPSA) is 76.0 Å². The number of aromatic nitrogens is 2. The smallest absolute Gasteiger partial charge is 0.259 e. The zero-order chi connectivity index (χ0) is 12.5. The van der Waals surface area contributed by atoms with Gasteiger partial charge in [-0.2, -0.15) is 5.10 Å². The van der Waals surface area contributed by atoms with Gasteiger partial charge in [0.2, 0.25) is 0 Å². The van der Waals surface area contributed by atoms with Crippen LogP contribution in [-0.2, 0) is 17.1 Å². The van der Waals surface area contributed by atoms with E-state index >= 15 is 0 Å². The number of halogens is 1. The van der Waals surface area contributed by atoms with Gasteiger partial charge in [-0.3, -0.25) is 4.68 Å². The molecule has 0 saturated carbocycles. The number of nitrogens with zero attached hydrogens (tertiary/aromatic N) is 2. The molecule has 6 nitrogen and oxygen atoms in total. The Hall–Kier alpha value is -0.630. The number of nitrogens with one attached hydrogen (secondary N) is 2. The molecule has 1 fully saturated rings. The van der Waals surface area contributed by atoms with Gasteiger partial charge in [0.15, 0.2) is 5.03 Å². The van der Waals surface area contributed by atoms with Crippen molar-refractivity contribution in [2.45, 2.75) is 23.9 Å².